The van der Waals surface area contributed by atoms with E-state index in [1.54, 1.807) is 0 Å². The average Bonchev–Trinajstić information content (AvgIpc) is 3.05. The molecule has 0 radical (unpaired) electrons. The summed E-state index contributed by atoms with van der Waals surface area (Å²) >= 11 is 0. The molecule has 6 aromatic rings. The first-order valence-corrected chi connectivity index (χ1v) is 17.0. The SMILES string of the molecule is FC(=P(c1ccccc1)(c1ccccc1)c1ccccc1)[P+](c1ccccc1)(c1ccccc1)c1ccccc1.[Br-]. The summed E-state index contributed by atoms with van der Waals surface area (Å²) in [6.07, 6.45) is 0. The van der Waals surface area contributed by atoms with Gasteiger partial charge in [-0.2, -0.15) is 4.39 Å². The number of halogens is 2. The van der Waals surface area contributed by atoms with Gasteiger partial charge in [-0.25, -0.2) is 0 Å². The third-order valence-electron chi connectivity index (χ3n) is 7.41. The number of hydrogen-bond acceptors (Lipinski definition) is 0. The minimum absolute atomic E-state index is 0. The lowest BCUT2D eigenvalue weighted by Gasteiger charge is -2.34. The Bertz CT molecular complexity index is 1530. The van der Waals surface area contributed by atoms with Gasteiger partial charge in [-0.1, -0.05) is 146 Å². The highest BCUT2D eigenvalue weighted by molar-refractivity contribution is 8.19. The molecule has 6 aromatic carbocycles. The fourth-order valence-corrected chi connectivity index (χ4v) is 16.3. The van der Waals surface area contributed by atoms with E-state index in [0.29, 0.717) is 0 Å². The molecule has 0 atom stereocenters. The van der Waals surface area contributed by atoms with Crippen molar-refractivity contribution in [3.63, 3.8) is 0 Å². The molecule has 0 aromatic heterocycles. The predicted octanol–water partition coefficient (Wildman–Crippen LogP) is 4.04. The maximum atomic E-state index is 19.2. The molecule has 4 heteroatoms. The number of hydrogen-bond donors (Lipinski definition) is 0. The molecule has 0 amide bonds. The van der Waals surface area contributed by atoms with E-state index in [1.165, 1.54) is 0 Å². The van der Waals surface area contributed by atoms with Gasteiger partial charge < -0.3 is 17.0 Å². The monoisotopic (exact) mass is 634 g/mol. The topological polar surface area (TPSA) is 0 Å². The first-order valence-electron chi connectivity index (χ1n) is 13.4. The van der Waals surface area contributed by atoms with Gasteiger partial charge in [0.1, 0.15) is 15.9 Å². The van der Waals surface area contributed by atoms with E-state index >= 15 is 4.39 Å². The quantitative estimate of drug-likeness (QED) is 0.233. The van der Waals surface area contributed by atoms with Crippen LogP contribution in [0.15, 0.2) is 182 Å². The molecule has 0 aliphatic rings. The zero-order valence-electron chi connectivity index (χ0n) is 22.5. The fraction of sp³-hybridized carbons (Fsp3) is 0. The van der Waals surface area contributed by atoms with E-state index in [-0.39, 0.29) is 22.3 Å². The van der Waals surface area contributed by atoms with Gasteiger partial charge in [0.25, 0.3) is 5.29 Å². The predicted molar refractivity (Wildman–Crippen MR) is 176 cm³/mol. The second-order valence-electron chi connectivity index (χ2n) is 9.62. The van der Waals surface area contributed by atoms with Crippen molar-refractivity contribution in [1.82, 2.24) is 0 Å². The van der Waals surface area contributed by atoms with Gasteiger partial charge >= 0.3 is 0 Å². The summed E-state index contributed by atoms with van der Waals surface area (Å²) in [5, 5.41) is 6.12. The average molecular weight is 635 g/mol. The summed E-state index contributed by atoms with van der Waals surface area (Å²) in [4.78, 5) is 0. The van der Waals surface area contributed by atoms with Crippen LogP contribution >= 0.6 is 14.1 Å². The second kappa shape index (κ2) is 13.0. The molecule has 202 valence electrons. The van der Waals surface area contributed by atoms with E-state index < -0.39 is 14.1 Å². The third-order valence-corrected chi connectivity index (χ3v) is 16.8. The van der Waals surface area contributed by atoms with Gasteiger partial charge in [0, 0.05) is 0 Å². The molecular formula is C37H30BrFP2. The molecule has 0 nitrogen and oxygen atoms in total. The summed E-state index contributed by atoms with van der Waals surface area (Å²) in [7, 11) is -2.96. The molecular weight excluding hydrogens is 605 g/mol. The van der Waals surface area contributed by atoms with Crippen molar-refractivity contribution in [1.29, 1.82) is 0 Å². The van der Waals surface area contributed by atoms with Gasteiger partial charge in [-0.15, -0.1) is 0 Å². The van der Waals surface area contributed by atoms with Crippen molar-refractivity contribution in [2.24, 2.45) is 0 Å². The van der Waals surface area contributed by atoms with Crippen LogP contribution in [0.4, 0.5) is 4.39 Å². The minimum Gasteiger partial charge on any atom is -1.00 e. The Balaban J connectivity index is 0.00000337. The summed E-state index contributed by atoms with van der Waals surface area (Å²) in [5.41, 5.74) is 0. The lowest BCUT2D eigenvalue weighted by molar-refractivity contribution is -0.00000802. The highest BCUT2D eigenvalue weighted by Gasteiger charge is 2.55. The summed E-state index contributed by atoms with van der Waals surface area (Å²) in [5.74, 6) is 0. The lowest BCUT2D eigenvalue weighted by atomic mass is 10.4. The molecule has 0 bridgehead atoms. The molecule has 41 heavy (non-hydrogen) atoms. The zero-order valence-corrected chi connectivity index (χ0v) is 25.8. The maximum absolute atomic E-state index is 19.2. The van der Waals surface area contributed by atoms with E-state index in [9.17, 15) is 0 Å². The number of benzene rings is 6. The van der Waals surface area contributed by atoms with Gasteiger partial charge in [0.05, 0.1) is 6.89 Å². The van der Waals surface area contributed by atoms with E-state index in [0.717, 1.165) is 31.8 Å². The Morgan fingerprint density at radius 2 is 0.585 bits per heavy atom. The fourth-order valence-electron chi connectivity index (χ4n) is 5.67. The Morgan fingerprint density at radius 3 is 0.829 bits per heavy atom. The van der Waals surface area contributed by atoms with Crippen molar-refractivity contribution in [2.45, 2.75) is 0 Å². The Labute approximate surface area is 253 Å². The van der Waals surface area contributed by atoms with Crippen LogP contribution in [0.5, 0.6) is 0 Å². The summed E-state index contributed by atoms with van der Waals surface area (Å²) < 4.78 is 19.2. The third kappa shape index (κ3) is 5.06. The van der Waals surface area contributed by atoms with Gasteiger partial charge in [0.2, 0.25) is 0 Å². The summed E-state index contributed by atoms with van der Waals surface area (Å²) in [6.45, 7) is -2.96. The van der Waals surface area contributed by atoms with E-state index in [4.69, 9.17) is 0 Å². The van der Waals surface area contributed by atoms with Crippen LogP contribution in [0.1, 0.15) is 0 Å². The lowest BCUT2D eigenvalue weighted by Crippen LogP contribution is -3.00. The van der Waals surface area contributed by atoms with Crippen molar-refractivity contribution < 1.29 is 21.4 Å². The minimum atomic E-state index is -2.96. The normalized spacial score (nSPS) is 11.3. The Hall–Kier alpha value is -3.54. The largest absolute Gasteiger partial charge is 1.00 e. The molecule has 0 spiro atoms. The Kier molecular flexibility index (Phi) is 9.16. The maximum Gasteiger partial charge on any atom is 0.258 e. The van der Waals surface area contributed by atoms with Crippen LogP contribution in [-0.4, -0.2) is 5.29 Å². The molecule has 0 heterocycles. The Morgan fingerprint density at radius 1 is 0.366 bits per heavy atom. The molecule has 0 aliphatic heterocycles. The van der Waals surface area contributed by atoms with Crippen LogP contribution < -0.4 is 48.8 Å². The highest BCUT2D eigenvalue weighted by Crippen LogP contribution is 2.65. The zero-order chi connectivity index (χ0) is 27.3. The van der Waals surface area contributed by atoms with Crippen molar-refractivity contribution in [3.05, 3.63) is 182 Å². The van der Waals surface area contributed by atoms with Crippen LogP contribution in [0.3, 0.4) is 0 Å². The molecule has 0 N–H and O–H groups in total. The van der Waals surface area contributed by atoms with E-state index in [1.807, 2.05) is 109 Å². The van der Waals surface area contributed by atoms with Crippen LogP contribution in [0.2, 0.25) is 0 Å². The van der Waals surface area contributed by atoms with Gasteiger partial charge in [0.15, 0.2) is 7.26 Å². The van der Waals surface area contributed by atoms with Crippen LogP contribution in [0, 0.1) is 0 Å². The van der Waals surface area contributed by atoms with Crippen LogP contribution in [-0.2, 0) is 0 Å². The van der Waals surface area contributed by atoms with Crippen molar-refractivity contribution in [2.75, 3.05) is 0 Å². The first-order chi connectivity index (χ1) is 19.8. The highest BCUT2D eigenvalue weighted by atomic mass is 79.9. The van der Waals surface area contributed by atoms with Crippen LogP contribution in [0.25, 0.3) is 0 Å². The molecule has 0 fully saturated rings. The van der Waals surface area contributed by atoms with Gasteiger partial charge in [-0.05, 0) is 52.3 Å². The molecule has 6 rings (SSSR count). The molecule has 0 aliphatic carbocycles. The van der Waals surface area contributed by atoms with Crippen molar-refractivity contribution in [3.8, 4) is 0 Å². The van der Waals surface area contributed by atoms with Gasteiger partial charge in [-0.3, -0.25) is 0 Å². The molecule has 0 unspecified atom stereocenters. The first kappa shape index (κ1) is 29.0. The molecule has 0 saturated heterocycles. The standard InChI is InChI=1S/C37H30FP2.BrH/c38-37(39(31-19-7-1-8-20-31,32-21-9-2-10-22-32)33-23-11-3-12-24-33)40(34-25-13-4-14-26-34,35-27-15-5-16-28-35)36-29-17-6-18-30-36;/h1-30H;1H/q+1;/p-1. The smallest absolute Gasteiger partial charge is 0.258 e. The van der Waals surface area contributed by atoms with Crippen molar-refractivity contribution >= 4 is 51.3 Å². The molecule has 0 saturated carbocycles. The van der Waals surface area contributed by atoms with E-state index in [2.05, 4.69) is 72.8 Å². The number of rotatable bonds is 7. The summed E-state index contributed by atoms with van der Waals surface area (Å²) in [6, 6.07) is 61.9. The second-order valence-corrected chi connectivity index (χ2v) is 16.5.